The Kier molecular flexibility index (Phi) is 3.74. The number of halogens is 1. The summed E-state index contributed by atoms with van der Waals surface area (Å²) in [5.41, 5.74) is 5.04. The number of hydrogen-bond donors (Lipinski definition) is 1. The molecule has 94 valence electrons. The highest BCUT2D eigenvalue weighted by Crippen LogP contribution is 2.25. The molecule has 0 fully saturated rings. The van der Waals surface area contributed by atoms with E-state index in [1.54, 1.807) is 17.6 Å². The Morgan fingerprint density at radius 3 is 2.68 bits per heavy atom. The van der Waals surface area contributed by atoms with Gasteiger partial charge in [0, 0.05) is 3.57 Å². The van der Waals surface area contributed by atoms with E-state index in [0.717, 1.165) is 20.9 Å². The molecule has 3 nitrogen and oxygen atoms in total. The largest absolute Gasteiger partial charge is 0.253 e. The van der Waals surface area contributed by atoms with Gasteiger partial charge in [0.15, 0.2) is 0 Å². The van der Waals surface area contributed by atoms with Gasteiger partial charge in [0.05, 0.1) is 16.4 Å². The van der Waals surface area contributed by atoms with E-state index in [0.29, 0.717) is 0 Å². The Morgan fingerprint density at radius 1 is 1.11 bits per heavy atom. The van der Waals surface area contributed by atoms with Gasteiger partial charge in [-0.05, 0) is 52.4 Å². The SMILES string of the molecule is Ic1ccc(/C=N/Nc2nc3ccccc3s2)cc1. The van der Waals surface area contributed by atoms with Crippen molar-refractivity contribution in [2.45, 2.75) is 0 Å². The van der Waals surface area contributed by atoms with Gasteiger partial charge in [-0.2, -0.15) is 5.10 Å². The zero-order valence-electron chi connectivity index (χ0n) is 9.88. The lowest BCUT2D eigenvalue weighted by atomic mass is 10.2. The number of fused-ring (bicyclic) bond motifs is 1. The summed E-state index contributed by atoms with van der Waals surface area (Å²) in [6, 6.07) is 16.2. The number of hydrogen-bond acceptors (Lipinski definition) is 4. The molecule has 0 aliphatic carbocycles. The molecule has 0 atom stereocenters. The monoisotopic (exact) mass is 379 g/mol. The molecule has 0 radical (unpaired) electrons. The van der Waals surface area contributed by atoms with Gasteiger partial charge in [-0.3, -0.25) is 5.43 Å². The molecular formula is C14H10IN3S. The molecule has 0 aliphatic rings. The second-order valence-electron chi connectivity index (χ2n) is 3.91. The summed E-state index contributed by atoms with van der Waals surface area (Å²) < 4.78 is 2.38. The fraction of sp³-hybridized carbons (Fsp3) is 0. The highest BCUT2D eigenvalue weighted by molar-refractivity contribution is 14.1. The highest BCUT2D eigenvalue weighted by atomic mass is 127. The minimum absolute atomic E-state index is 0.808. The van der Waals surface area contributed by atoms with Gasteiger partial charge < -0.3 is 0 Å². The zero-order valence-corrected chi connectivity index (χ0v) is 12.9. The third kappa shape index (κ3) is 3.10. The average molecular weight is 379 g/mol. The molecule has 0 aliphatic heterocycles. The third-order valence-corrected chi connectivity index (χ3v) is 4.20. The van der Waals surface area contributed by atoms with Crippen molar-refractivity contribution in [3.63, 3.8) is 0 Å². The first-order valence-corrected chi connectivity index (χ1v) is 7.61. The summed E-state index contributed by atoms with van der Waals surface area (Å²) in [5, 5.41) is 5.02. The van der Waals surface area contributed by atoms with Crippen LogP contribution in [0.3, 0.4) is 0 Å². The first kappa shape index (κ1) is 12.6. The smallest absolute Gasteiger partial charge is 0.204 e. The standard InChI is InChI=1S/C14H10IN3S/c15-11-7-5-10(6-8-11)9-16-18-14-17-12-3-1-2-4-13(12)19-14/h1-9H,(H,17,18)/b16-9+. The van der Waals surface area contributed by atoms with Crippen molar-refractivity contribution in [3.8, 4) is 0 Å². The molecule has 0 saturated heterocycles. The molecule has 0 unspecified atom stereocenters. The Morgan fingerprint density at radius 2 is 1.89 bits per heavy atom. The zero-order chi connectivity index (χ0) is 13.1. The summed E-state index contributed by atoms with van der Waals surface area (Å²) >= 11 is 3.88. The average Bonchev–Trinajstić information content (AvgIpc) is 2.83. The van der Waals surface area contributed by atoms with E-state index in [4.69, 9.17) is 0 Å². The Bertz CT molecular complexity index is 686. The van der Waals surface area contributed by atoms with E-state index in [-0.39, 0.29) is 0 Å². The lowest BCUT2D eigenvalue weighted by molar-refractivity contribution is 1.31. The minimum Gasteiger partial charge on any atom is -0.253 e. The van der Waals surface area contributed by atoms with Crippen LogP contribution < -0.4 is 5.43 Å². The van der Waals surface area contributed by atoms with E-state index in [1.807, 2.05) is 30.3 Å². The molecule has 0 bridgehead atoms. The summed E-state index contributed by atoms with van der Waals surface area (Å²) in [4.78, 5) is 4.45. The molecule has 0 saturated carbocycles. The van der Waals surface area contributed by atoms with Crippen LogP contribution in [0.2, 0.25) is 0 Å². The van der Waals surface area contributed by atoms with Crippen LogP contribution in [-0.2, 0) is 0 Å². The second-order valence-corrected chi connectivity index (χ2v) is 6.18. The van der Waals surface area contributed by atoms with Gasteiger partial charge in [0.25, 0.3) is 0 Å². The molecule has 1 aromatic heterocycles. The molecule has 19 heavy (non-hydrogen) atoms. The number of para-hydroxylation sites is 1. The maximum Gasteiger partial charge on any atom is 0.204 e. The van der Waals surface area contributed by atoms with Crippen LogP contribution in [0, 0.1) is 3.57 Å². The first-order chi connectivity index (χ1) is 9.31. The fourth-order valence-corrected chi connectivity index (χ4v) is 2.81. The van der Waals surface area contributed by atoms with Crippen molar-refractivity contribution < 1.29 is 0 Å². The van der Waals surface area contributed by atoms with Gasteiger partial charge in [-0.1, -0.05) is 35.6 Å². The summed E-state index contributed by atoms with van der Waals surface area (Å²) in [6.45, 7) is 0. The number of thiazole rings is 1. The predicted octanol–water partition coefficient (Wildman–Crippen LogP) is 4.35. The van der Waals surface area contributed by atoms with E-state index < -0.39 is 0 Å². The van der Waals surface area contributed by atoms with Crippen molar-refractivity contribution in [2.24, 2.45) is 5.10 Å². The van der Waals surface area contributed by atoms with Gasteiger partial charge in [0.1, 0.15) is 0 Å². The maximum atomic E-state index is 4.45. The van der Waals surface area contributed by atoms with Crippen LogP contribution in [0.25, 0.3) is 10.2 Å². The molecule has 5 heteroatoms. The summed E-state index contributed by atoms with van der Waals surface area (Å²) in [6.07, 6.45) is 1.79. The van der Waals surface area contributed by atoms with Crippen LogP contribution >= 0.6 is 33.9 Å². The predicted molar refractivity (Wildman–Crippen MR) is 90.0 cm³/mol. The second kappa shape index (κ2) is 5.66. The van der Waals surface area contributed by atoms with Crippen molar-refractivity contribution in [1.29, 1.82) is 0 Å². The van der Waals surface area contributed by atoms with E-state index in [2.05, 4.69) is 56.3 Å². The first-order valence-electron chi connectivity index (χ1n) is 5.71. The van der Waals surface area contributed by atoms with E-state index in [1.165, 1.54) is 3.57 Å². The van der Waals surface area contributed by atoms with E-state index in [9.17, 15) is 0 Å². The molecule has 0 amide bonds. The molecule has 2 aromatic carbocycles. The molecule has 1 N–H and O–H groups in total. The number of nitrogens with zero attached hydrogens (tertiary/aromatic N) is 2. The van der Waals surface area contributed by atoms with Crippen LogP contribution in [0.1, 0.15) is 5.56 Å². The number of nitrogens with one attached hydrogen (secondary N) is 1. The third-order valence-electron chi connectivity index (χ3n) is 2.54. The van der Waals surface area contributed by atoms with Crippen LogP contribution in [0.15, 0.2) is 53.6 Å². The lowest BCUT2D eigenvalue weighted by Gasteiger charge is -1.94. The number of rotatable bonds is 3. The van der Waals surface area contributed by atoms with Crippen LogP contribution in [0.5, 0.6) is 0 Å². The molecular weight excluding hydrogens is 369 g/mol. The summed E-state index contributed by atoms with van der Waals surface area (Å²) in [5.74, 6) is 0. The topological polar surface area (TPSA) is 37.3 Å². The quantitative estimate of drug-likeness (QED) is 0.418. The van der Waals surface area contributed by atoms with E-state index >= 15 is 0 Å². The Balaban J connectivity index is 1.73. The number of anilines is 1. The molecule has 1 heterocycles. The fourth-order valence-electron chi connectivity index (χ4n) is 1.63. The van der Waals surface area contributed by atoms with Crippen LogP contribution in [0.4, 0.5) is 5.13 Å². The normalized spacial score (nSPS) is 11.2. The van der Waals surface area contributed by atoms with Gasteiger partial charge in [-0.15, -0.1) is 0 Å². The lowest BCUT2D eigenvalue weighted by Crippen LogP contribution is -1.89. The molecule has 3 rings (SSSR count). The molecule has 0 spiro atoms. The van der Waals surface area contributed by atoms with Gasteiger partial charge >= 0.3 is 0 Å². The van der Waals surface area contributed by atoms with Crippen molar-refractivity contribution >= 4 is 55.5 Å². The Labute approximate surface area is 128 Å². The van der Waals surface area contributed by atoms with Crippen molar-refractivity contribution in [1.82, 2.24) is 4.98 Å². The van der Waals surface area contributed by atoms with Crippen molar-refractivity contribution in [2.75, 3.05) is 5.43 Å². The maximum absolute atomic E-state index is 4.45. The highest BCUT2D eigenvalue weighted by Gasteiger charge is 2.00. The number of aromatic nitrogens is 1. The van der Waals surface area contributed by atoms with Crippen LogP contribution in [-0.4, -0.2) is 11.2 Å². The number of benzene rings is 2. The van der Waals surface area contributed by atoms with Crippen molar-refractivity contribution in [3.05, 3.63) is 57.7 Å². The van der Waals surface area contributed by atoms with Gasteiger partial charge in [0.2, 0.25) is 5.13 Å². The Hall–Kier alpha value is -1.47. The van der Waals surface area contributed by atoms with Gasteiger partial charge in [-0.25, -0.2) is 4.98 Å². The number of hydrazone groups is 1. The molecule has 3 aromatic rings. The minimum atomic E-state index is 0.808. The summed E-state index contributed by atoms with van der Waals surface area (Å²) in [7, 11) is 0.